The molecule has 1 saturated heterocycles. The molecule has 1 aromatic carbocycles. The molecule has 0 amide bonds. The Morgan fingerprint density at radius 3 is 2.62 bits per heavy atom. The van der Waals surface area contributed by atoms with Gasteiger partial charge in [-0.3, -0.25) is 4.90 Å². The van der Waals surface area contributed by atoms with Crippen LogP contribution in [0.25, 0.3) is 0 Å². The lowest BCUT2D eigenvalue weighted by atomic mass is 9.83. The zero-order chi connectivity index (χ0) is 11.4. The van der Waals surface area contributed by atoms with Crippen molar-refractivity contribution in [2.45, 2.75) is 31.8 Å². The minimum absolute atomic E-state index is 0.416. The van der Waals surface area contributed by atoms with Gasteiger partial charge in [0.15, 0.2) is 0 Å². The number of rotatable bonds is 5. The number of hydrogen-bond donors (Lipinski definition) is 1. The average molecular weight is 218 g/mol. The SMILES string of the molecule is CNCC[C@]1(C)CCN1Cc1ccccc1. The van der Waals surface area contributed by atoms with Crippen LogP contribution in [0.1, 0.15) is 25.3 Å². The standard InChI is InChI=1S/C14H22N2/c1-14(8-10-15-2)9-11-16(14)12-13-6-4-3-5-7-13/h3-7,15H,8-12H2,1-2H3/t14-/m1/s1. The van der Waals surface area contributed by atoms with Crippen molar-refractivity contribution in [3.8, 4) is 0 Å². The fourth-order valence-electron chi connectivity index (χ4n) is 2.40. The van der Waals surface area contributed by atoms with E-state index in [1.165, 1.54) is 24.9 Å². The van der Waals surface area contributed by atoms with E-state index < -0.39 is 0 Å². The predicted molar refractivity (Wildman–Crippen MR) is 68.4 cm³/mol. The highest BCUT2D eigenvalue weighted by Crippen LogP contribution is 2.34. The molecule has 1 heterocycles. The summed E-state index contributed by atoms with van der Waals surface area (Å²) in [4.78, 5) is 2.60. The minimum atomic E-state index is 0.416. The van der Waals surface area contributed by atoms with Crippen molar-refractivity contribution in [1.82, 2.24) is 10.2 Å². The molecule has 1 aromatic rings. The average Bonchev–Trinajstić information content (AvgIpc) is 2.33. The van der Waals surface area contributed by atoms with Gasteiger partial charge in [0.1, 0.15) is 0 Å². The van der Waals surface area contributed by atoms with Crippen LogP contribution in [0.3, 0.4) is 0 Å². The van der Waals surface area contributed by atoms with Crippen LogP contribution in [0.2, 0.25) is 0 Å². The summed E-state index contributed by atoms with van der Waals surface area (Å²) in [6, 6.07) is 10.8. The Balaban J connectivity index is 1.91. The monoisotopic (exact) mass is 218 g/mol. The molecular formula is C14H22N2. The maximum absolute atomic E-state index is 3.25. The second-order valence-electron chi connectivity index (χ2n) is 5.01. The van der Waals surface area contributed by atoms with E-state index >= 15 is 0 Å². The first-order valence-electron chi connectivity index (χ1n) is 6.18. The van der Waals surface area contributed by atoms with Crippen LogP contribution in [-0.4, -0.2) is 30.6 Å². The molecule has 2 rings (SSSR count). The van der Waals surface area contributed by atoms with Crippen LogP contribution in [0.15, 0.2) is 30.3 Å². The van der Waals surface area contributed by atoms with E-state index in [-0.39, 0.29) is 0 Å². The summed E-state index contributed by atoms with van der Waals surface area (Å²) in [5.41, 5.74) is 1.84. The first-order valence-corrected chi connectivity index (χ1v) is 6.18. The first kappa shape index (κ1) is 11.6. The summed E-state index contributed by atoms with van der Waals surface area (Å²) >= 11 is 0. The summed E-state index contributed by atoms with van der Waals surface area (Å²) in [7, 11) is 2.03. The van der Waals surface area contributed by atoms with Crippen LogP contribution < -0.4 is 5.32 Å². The second kappa shape index (κ2) is 4.98. The number of likely N-dealkylation sites (tertiary alicyclic amines) is 1. The third-order valence-corrected chi connectivity index (χ3v) is 3.81. The van der Waals surface area contributed by atoms with Gasteiger partial charge in [-0.1, -0.05) is 30.3 Å². The molecule has 0 aromatic heterocycles. The summed E-state index contributed by atoms with van der Waals surface area (Å²) in [5.74, 6) is 0. The summed E-state index contributed by atoms with van der Waals surface area (Å²) in [5, 5.41) is 3.25. The molecule has 88 valence electrons. The predicted octanol–water partition coefficient (Wildman–Crippen LogP) is 2.26. The van der Waals surface area contributed by atoms with Crippen molar-refractivity contribution >= 4 is 0 Å². The highest BCUT2D eigenvalue weighted by Gasteiger charge is 2.39. The lowest BCUT2D eigenvalue weighted by Gasteiger charge is -2.51. The Hall–Kier alpha value is -0.860. The molecule has 2 heteroatoms. The molecule has 16 heavy (non-hydrogen) atoms. The fourth-order valence-corrected chi connectivity index (χ4v) is 2.40. The summed E-state index contributed by atoms with van der Waals surface area (Å²) in [6.07, 6.45) is 2.58. The van der Waals surface area contributed by atoms with Gasteiger partial charge in [0.25, 0.3) is 0 Å². The van der Waals surface area contributed by atoms with E-state index in [0.29, 0.717) is 5.54 Å². The van der Waals surface area contributed by atoms with Crippen LogP contribution in [0.5, 0.6) is 0 Å². The molecular weight excluding hydrogens is 196 g/mol. The Kier molecular flexibility index (Phi) is 3.62. The van der Waals surface area contributed by atoms with Crippen molar-refractivity contribution in [2.75, 3.05) is 20.1 Å². The highest BCUT2D eigenvalue weighted by atomic mass is 15.2. The van der Waals surface area contributed by atoms with Gasteiger partial charge in [-0.25, -0.2) is 0 Å². The Labute approximate surface area is 98.7 Å². The molecule has 0 spiro atoms. The molecule has 1 atom stereocenters. The lowest BCUT2D eigenvalue weighted by Crippen LogP contribution is -2.58. The molecule has 0 unspecified atom stereocenters. The zero-order valence-electron chi connectivity index (χ0n) is 10.4. The molecule has 0 aliphatic carbocycles. The topological polar surface area (TPSA) is 15.3 Å². The maximum atomic E-state index is 3.25. The van der Waals surface area contributed by atoms with Crippen molar-refractivity contribution in [3.63, 3.8) is 0 Å². The van der Waals surface area contributed by atoms with Crippen molar-refractivity contribution in [3.05, 3.63) is 35.9 Å². The lowest BCUT2D eigenvalue weighted by molar-refractivity contribution is -0.0132. The molecule has 0 bridgehead atoms. The molecule has 1 aliphatic heterocycles. The van der Waals surface area contributed by atoms with Gasteiger partial charge in [0, 0.05) is 18.6 Å². The normalized spacial score (nSPS) is 25.4. The molecule has 1 N–H and O–H groups in total. The van der Waals surface area contributed by atoms with Crippen LogP contribution in [-0.2, 0) is 6.54 Å². The minimum Gasteiger partial charge on any atom is -0.320 e. The Bertz CT molecular complexity index is 323. The fraction of sp³-hybridized carbons (Fsp3) is 0.571. The van der Waals surface area contributed by atoms with Gasteiger partial charge >= 0.3 is 0 Å². The van der Waals surface area contributed by atoms with E-state index in [1.54, 1.807) is 0 Å². The van der Waals surface area contributed by atoms with E-state index in [9.17, 15) is 0 Å². The van der Waals surface area contributed by atoms with Crippen molar-refractivity contribution in [2.24, 2.45) is 0 Å². The van der Waals surface area contributed by atoms with Gasteiger partial charge in [-0.05, 0) is 38.9 Å². The van der Waals surface area contributed by atoms with Gasteiger partial charge in [0.2, 0.25) is 0 Å². The number of nitrogens with zero attached hydrogens (tertiary/aromatic N) is 1. The van der Waals surface area contributed by atoms with Gasteiger partial charge in [-0.15, -0.1) is 0 Å². The van der Waals surface area contributed by atoms with Gasteiger partial charge in [0.05, 0.1) is 0 Å². The van der Waals surface area contributed by atoms with Crippen LogP contribution in [0.4, 0.5) is 0 Å². The molecule has 2 nitrogen and oxygen atoms in total. The molecule has 1 aliphatic rings. The largest absolute Gasteiger partial charge is 0.320 e. The molecule has 0 saturated carbocycles. The Morgan fingerprint density at radius 2 is 2.06 bits per heavy atom. The number of nitrogens with one attached hydrogen (secondary N) is 1. The second-order valence-corrected chi connectivity index (χ2v) is 5.01. The number of benzene rings is 1. The van der Waals surface area contributed by atoms with Crippen LogP contribution in [0, 0.1) is 0 Å². The van der Waals surface area contributed by atoms with E-state index in [2.05, 4.69) is 47.5 Å². The first-order chi connectivity index (χ1) is 7.74. The third-order valence-electron chi connectivity index (χ3n) is 3.81. The van der Waals surface area contributed by atoms with E-state index in [4.69, 9.17) is 0 Å². The van der Waals surface area contributed by atoms with Gasteiger partial charge < -0.3 is 5.32 Å². The van der Waals surface area contributed by atoms with Gasteiger partial charge in [-0.2, -0.15) is 0 Å². The van der Waals surface area contributed by atoms with E-state index in [0.717, 1.165) is 13.1 Å². The smallest absolute Gasteiger partial charge is 0.0239 e. The molecule has 0 radical (unpaired) electrons. The Morgan fingerprint density at radius 1 is 1.31 bits per heavy atom. The number of hydrogen-bond acceptors (Lipinski definition) is 2. The molecule has 1 fully saturated rings. The quantitative estimate of drug-likeness (QED) is 0.815. The van der Waals surface area contributed by atoms with Crippen LogP contribution >= 0.6 is 0 Å². The zero-order valence-corrected chi connectivity index (χ0v) is 10.4. The third kappa shape index (κ3) is 2.45. The summed E-state index contributed by atoms with van der Waals surface area (Å²) in [6.45, 7) is 5.84. The van der Waals surface area contributed by atoms with E-state index in [1.807, 2.05) is 7.05 Å². The van der Waals surface area contributed by atoms with Crippen molar-refractivity contribution in [1.29, 1.82) is 0 Å². The van der Waals surface area contributed by atoms with Crippen molar-refractivity contribution < 1.29 is 0 Å². The highest BCUT2D eigenvalue weighted by molar-refractivity contribution is 5.16. The summed E-state index contributed by atoms with van der Waals surface area (Å²) < 4.78 is 0. The maximum Gasteiger partial charge on any atom is 0.0239 e.